The molecule has 2 rings (SSSR count). The molecule has 1 heterocycles. The van der Waals surface area contributed by atoms with Crippen LogP contribution in [-0.4, -0.2) is 6.54 Å². The maximum absolute atomic E-state index is 3.59. The fraction of sp³-hybridized carbons (Fsp3) is 0.375. The highest BCUT2D eigenvalue weighted by Crippen LogP contribution is 2.30. The number of hydrogen-bond acceptors (Lipinski definition) is 2. The van der Waals surface area contributed by atoms with Gasteiger partial charge < -0.3 is 5.32 Å². The normalized spacial score (nSPS) is 12.6. The second-order valence-electron chi connectivity index (χ2n) is 4.65. The zero-order chi connectivity index (χ0) is 13.7. The summed E-state index contributed by atoms with van der Waals surface area (Å²) in [5.74, 6) is 0. The summed E-state index contributed by atoms with van der Waals surface area (Å²) in [5, 5.41) is 5.74. The van der Waals surface area contributed by atoms with Crippen LogP contribution in [0.15, 0.2) is 40.2 Å². The van der Waals surface area contributed by atoms with Gasteiger partial charge in [-0.05, 0) is 46.1 Å². The van der Waals surface area contributed by atoms with E-state index in [9.17, 15) is 0 Å². The first-order chi connectivity index (χ1) is 9.24. The molecule has 1 unspecified atom stereocenters. The molecule has 102 valence electrons. The molecule has 0 bridgehead atoms. The maximum atomic E-state index is 3.59. The molecule has 2 aromatic rings. The van der Waals surface area contributed by atoms with Crippen molar-refractivity contribution in [2.24, 2.45) is 0 Å². The summed E-state index contributed by atoms with van der Waals surface area (Å²) in [4.78, 5) is 1.36. The van der Waals surface area contributed by atoms with Crippen LogP contribution in [0.4, 0.5) is 0 Å². The van der Waals surface area contributed by atoms with Gasteiger partial charge in [-0.1, -0.05) is 44.5 Å². The van der Waals surface area contributed by atoms with Crippen LogP contribution in [0.1, 0.15) is 42.3 Å². The van der Waals surface area contributed by atoms with Crippen molar-refractivity contribution in [3.8, 4) is 0 Å². The predicted octanol–water partition coefficient (Wildman–Crippen LogP) is 5.16. The molecular formula is C16H20BrNS. The molecule has 0 saturated heterocycles. The number of aryl methyl sites for hydroxylation is 1. The third-order valence-corrected chi connectivity index (χ3v) is 4.86. The Labute approximate surface area is 128 Å². The highest BCUT2D eigenvalue weighted by atomic mass is 79.9. The first-order valence-electron chi connectivity index (χ1n) is 6.80. The molecule has 3 heteroatoms. The average molecular weight is 338 g/mol. The quantitative estimate of drug-likeness (QED) is 0.767. The predicted molar refractivity (Wildman–Crippen MR) is 88.0 cm³/mol. The van der Waals surface area contributed by atoms with Gasteiger partial charge in [0, 0.05) is 14.7 Å². The molecule has 1 nitrogen and oxygen atoms in total. The van der Waals surface area contributed by atoms with Crippen LogP contribution in [0.3, 0.4) is 0 Å². The van der Waals surface area contributed by atoms with Crippen molar-refractivity contribution >= 4 is 27.3 Å². The number of hydrogen-bond donors (Lipinski definition) is 1. The lowest BCUT2D eigenvalue weighted by molar-refractivity contribution is 0.638. The van der Waals surface area contributed by atoms with Crippen molar-refractivity contribution in [1.82, 2.24) is 5.32 Å². The SMILES string of the molecule is CCCc1cccc(C(NCC)c2cc(Br)cs2)c1. The minimum atomic E-state index is 0.304. The molecule has 0 saturated carbocycles. The lowest BCUT2D eigenvalue weighted by Crippen LogP contribution is -2.21. The van der Waals surface area contributed by atoms with E-state index in [2.05, 4.69) is 70.8 Å². The van der Waals surface area contributed by atoms with Crippen molar-refractivity contribution in [3.63, 3.8) is 0 Å². The van der Waals surface area contributed by atoms with Gasteiger partial charge in [-0.3, -0.25) is 0 Å². The Morgan fingerprint density at radius 1 is 1.26 bits per heavy atom. The number of halogens is 1. The number of rotatable bonds is 6. The van der Waals surface area contributed by atoms with E-state index in [1.54, 1.807) is 11.3 Å². The van der Waals surface area contributed by atoms with E-state index in [-0.39, 0.29) is 0 Å². The standard InChI is InChI=1S/C16H20BrNS/c1-3-6-12-7-5-8-13(9-12)16(18-4-2)15-10-14(17)11-19-15/h5,7-11,16,18H,3-4,6H2,1-2H3. The molecule has 0 aliphatic carbocycles. The van der Waals surface area contributed by atoms with E-state index in [0.717, 1.165) is 13.0 Å². The van der Waals surface area contributed by atoms with Crippen molar-refractivity contribution in [2.75, 3.05) is 6.54 Å². The molecule has 0 spiro atoms. The van der Waals surface area contributed by atoms with Gasteiger partial charge in [0.2, 0.25) is 0 Å². The van der Waals surface area contributed by atoms with Gasteiger partial charge in [0.1, 0.15) is 0 Å². The zero-order valence-corrected chi connectivity index (χ0v) is 13.9. The van der Waals surface area contributed by atoms with E-state index >= 15 is 0 Å². The van der Waals surface area contributed by atoms with Crippen LogP contribution in [0.25, 0.3) is 0 Å². The van der Waals surface area contributed by atoms with Gasteiger partial charge in [0.15, 0.2) is 0 Å². The summed E-state index contributed by atoms with van der Waals surface area (Å²) in [7, 11) is 0. The largest absolute Gasteiger partial charge is 0.306 e. The third-order valence-electron chi connectivity index (χ3n) is 3.10. The van der Waals surface area contributed by atoms with Crippen LogP contribution in [0.2, 0.25) is 0 Å². The highest BCUT2D eigenvalue weighted by Gasteiger charge is 2.15. The Kier molecular flexibility index (Phi) is 5.61. The van der Waals surface area contributed by atoms with Gasteiger partial charge in [-0.2, -0.15) is 0 Å². The summed E-state index contributed by atoms with van der Waals surface area (Å²) in [6.07, 6.45) is 2.35. The number of benzene rings is 1. The first kappa shape index (κ1) is 14.8. The van der Waals surface area contributed by atoms with Crippen LogP contribution >= 0.6 is 27.3 Å². The minimum absolute atomic E-state index is 0.304. The summed E-state index contributed by atoms with van der Waals surface area (Å²) >= 11 is 5.35. The molecule has 1 N–H and O–H groups in total. The fourth-order valence-corrected chi connectivity index (χ4v) is 3.83. The Bertz CT molecular complexity index is 521. The molecule has 0 radical (unpaired) electrons. The van der Waals surface area contributed by atoms with Crippen LogP contribution in [-0.2, 0) is 6.42 Å². The summed E-state index contributed by atoms with van der Waals surface area (Å²) in [6.45, 7) is 5.36. The lowest BCUT2D eigenvalue weighted by Gasteiger charge is -2.17. The molecule has 0 aliphatic heterocycles. The van der Waals surface area contributed by atoms with Gasteiger partial charge in [-0.25, -0.2) is 0 Å². The number of thiophene rings is 1. The smallest absolute Gasteiger partial charge is 0.0671 e. The van der Waals surface area contributed by atoms with Gasteiger partial charge in [-0.15, -0.1) is 11.3 Å². The van der Waals surface area contributed by atoms with Crippen molar-refractivity contribution in [1.29, 1.82) is 0 Å². The van der Waals surface area contributed by atoms with Gasteiger partial charge in [0.25, 0.3) is 0 Å². The summed E-state index contributed by atoms with van der Waals surface area (Å²) in [6, 6.07) is 11.5. The minimum Gasteiger partial charge on any atom is -0.306 e. The summed E-state index contributed by atoms with van der Waals surface area (Å²) in [5.41, 5.74) is 2.79. The second kappa shape index (κ2) is 7.22. The average Bonchev–Trinajstić information content (AvgIpc) is 2.83. The van der Waals surface area contributed by atoms with E-state index in [1.807, 2.05) is 0 Å². The molecule has 19 heavy (non-hydrogen) atoms. The van der Waals surface area contributed by atoms with Crippen LogP contribution in [0, 0.1) is 0 Å². The Balaban J connectivity index is 2.30. The molecule has 1 aromatic carbocycles. The van der Waals surface area contributed by atoms with Crippen molar-refractivity contribution in [3.05, 3.63) is 56.2 Å². The van der Waals surface area contributed by atoms with Gasteiger partial charge in [0.05, 0.1) is 6.04 Å². The van der Waals surface area contributed by atoms with E-state index < -0.39 is 0 Å². The van der Waals surface area contributed by atoms with Crippen LogP contribution < -0.4 is 5.32 Å². The van der Waals surface area contributed by atoms with E-state index in [1.165, 1.54) is 26.9 Å². The number of nitrogens with one attached hydrogen (secondary N) is 1. The zero-order valence-electron chi connectivity index (χ0n) is 11.4. The Morgan fingerprint density at radius 2 is 2.11 bits per heavy atom. The van der Waals surface area contributed by atoms with E-state index in [0.29, 0.717) is 6.04 Å². The third kappa shape index (κ3) is 3.91. The molecule has 0 aliphatic rings. The topological polar surface area (TPSA) is 12.0 Å². The molecule has 0 amide bonds. The molecule has 1 aromatic heterocycles. The molecular weight excluding hydrogens is 318 g/mol. The van der Waals surface area contributed by atoms with Gasteiger partial charge >= 0.3 is 0 Å². The Hall–Kier alpha value is -0.640. The summed E-state index contributed by atoms with van der Waals surface area (Å²) < 4.78 is 1.17. The highest BCUT2D eigenvalue weighted by molar-refractivity contribution is 9.10. The maximum Gasteiger partial charge on any atom is 0.0671 e. The lowest BCUT2D eigenvalue weighted by atomic mass is 10.0. The molecule has 0 fully saturated rings. The Morgan fingerprint density at radius 3 is 2.74 bits per heavy atom. The van der Waals surface area contributed by atoms with Crippen LogP contribution in [0.5, 0.6) is 0 Å². The fourth-order valence-electron chi connectivity index (χ4n) is 2.28. The first-order valence-corrected chi connectivity index (χ1v) is 8.48. The second-order valence-corrected chi connectivity index (χ2v) is 6.51. The monoisotopic (exact) mass is 337 g/mol. The van der Waals surface area contributed by atoms with E-state index in [4.69, 9.17) is 0 Å². The van der Waals surface area contributed by atoms with Crippen molar-refractivity contribution < 1.29 is 0 Å². The molecule has 1 atom stereocenters. The van der Waals surface area contributed by atoms with Crippen molar-refractivity contribution in [2.45, 2.75) is 32.7 Å².